The van der Waals surface area contributed by atoms with Crippen molar-refractivity contribution >= 4 is 17.1 Å². The first kappa shape index (κ1) is 14.3. The van der Waals surface area contributed by atoms with E-state index in [1.807, 2.05) is 16.7 Å². The maximum Gasteiger partial charge on any atom is 0.303 e. The number of aryl methyl sites for hydroxylation is 2. The number of carboxylic acids is 1. The average Bonchev–Trinajstić information content (AvgIpc) is 2.85. The predicted molar refractivity (Wildman–Crippen MR) is 83.8 cm³/mol. The molecule has 0 atom stereocenters. The van der Waals surface area contributed by atoms with Crippen LogP contribution in [0.2, 0.25) is 0 Å². The van der Waals surface area contributed by atoms with Crippen LogP contribution in [0.1, 0.15) is 23.4 Å². The van der Waals surface area contributed by atoms with Crippen LogP contribution in [0, 0.1) is 6.92 Å². The third-order valence-electron chi connectivity index (χ3n) is 3.61. The lowest BCUT2D eigenvalue weighted by Gasteiger charge is -2.08. The Labute approximate surface area is 128 Å². The molecule has 5 nitrogen and oxygen atoms in total. The maximum absolute atomic E-state index is 10.8. The molecule has 3 aromatic rings. The molecular formula is C17H17N3O2. The minimum Gasteiger partial charge on any atom is -0.481 e. The molecule has 0 aliphatic rings. The van der Waals surface area contributed by atoms with Gasteiger partial charge >= 0.3 is 5.97 Å². The van der Waals surface area contributed by atoms with Gasteiger partial charge < -0.3 is 9.67 Å². The molecule has 0 aliphatic carbocycles. The van der Waals surface area contributed by atoms with Crippen LogP contribution in [0.4, 0.5) is 0 Å². The molecule has 0 unspecified atom stereocenters. The molecule has 0 bridgehead atoms. The number of nitrogens with zero attached hydrogens (tertiary/aromatic N) is 3. The number of pyridine rings is 1. The zero-order chi connectivity index (χ0) is 15.5. The second kappa shape index (κ2) is 5.97. The van der Waals surface area contributed by atoms with Crippen molar-refractivity contribution in [2.24, 2.45) is 0 Å². The molecule has 0 fully saturated rings. The summed E-state index contributed by atoms with van der Waals surface area (Å²) in [6.07, 6.45) is 2.20. The lowest BCUT2D eigenvalue weighted by atomic mass is 10.1. The van der Waals surface area contributed by atoms with Crippen LogP contribution >= 0.6 is 0 Å². The van der Waals surface area contributed by atoms with E-state index in [4.69, 9.17) is 5.11 Å². The van der Waals surface area contributed by atoms with Crippen molar-refractivity contribution in [1.82, 2.24) is 14.5 Å². The quantitative estimate of drug-likeness (QED) is 0.786. The minimum atomic E-state index is -0.818. The van der Waals surface area contributed by atoms with Gasteiger partial charge in [0.25, 0.3) is 0 Å². The van der Waals surface area contributed by atoms with E-state index in [1.54, 1.807) is 6.20 Å². The van der Waals surface area contributed by atoms with E-state index in [9.17, 15) is 4.79 Å². The second-order valence-corrected chi connectivity index (χ2v) is 5.34. The molecule has 0 radical (unpaired) electrons. The number of hydrogen-bond acceptors (Lipinski definition) is 3. The molecule has 2 aromatic heterocycles. The molecule has 0 saturated heterocycles. The van der Waals surface area contributed by atoms with Crippen molar-refractivity contribution in [1.29, 1.82) is 0 Å². The van der Waals surface area contributed by atoms with E-state index in [0.29, 0.717) is 13.0 Å². The Kier molecular flexibility index (Phi) is 3.87. The van der Waals surface area contributed by atoms with Gasteiger partial charge in [-0.3, -0.25) is 4.79 Å². The molecule has 0 aliphatic heterocycles. The number of benzene rings is 1. The predicted octanol–water partition coefficient (Wildman–Crippen LogP) is 2.81. The first-order valence-electron chi connectivity index (χ1n) is 7.21. The molecule has 0 spiro atoms. The highest BCUT2D eigenvalue weighted by molar-refractivity contribution is 5.72. The molecule has 3 rings (SSSR count). The summed E-state index contributed by atoms with van der Waals surface area (Å²) < 4.78 is 2.00. The van der Waals surface area contributed by atoms with Crippen LogP contribution < -0.4 is 0 Å². The number of hydrogen-bond donors (Lipinski definition) is 1. The standard InChI is InChI=1S/C17H17N3O2/c1-12-4-6-13(7-5-12)11-20-15(8-9-16(21)22)19-14-3-2-10-18-17(14)20/h2-7,10H,8-9,11H2,1H3,(H,21,22). The highest BCUT2D eigenvalue weighted by Crippen LogP contribution is 2.17. The molecule has 1 N–H and O–H groups in total. The molecule has 0 saturated carbocycles. The summed E-state index contributed by atoms with van der Waals surface area (Å²) in [5.41, 5.74) is 3.95. The largest absolute Gasteiger partial charge is 0.481 e. The number of carboxylic acid groups (broad SMARTS) is 1. The smallest absolute Gasteiger partial charge is 0.303 e. The number of rotatable bonds is 5. The number of imidazole rings is 1. The zero-order valence-electron chi connectivity index (χ0n) is 12.4. The van der Waals surface area contributed by atoms with Gasteiger partial charge in [0.05, 0.1) is 13.0 Å². The molecule has 112 valence electrons. The first-order valence-corrected chi connectivity index (χ1v) is 7.21. The average molecular weight is 295 g/mol. The Morgan fingerprint density at radius 2 is 2.00 bits per heavy atom. The maximum atomic E-state index is 10.8. The van der Waals surface area contributed by atoms with Gasteiger partial charge in [-0.15, -0.1) is 0 Å². The number of aliphatic carboxylic acids is 1. The summed E-state index contributed by atoms with van der Waals surface area (Å²) >= 11 is 0. The third kappa shape index (κ3) is 2.98. The van der Waals surface area contributed by atoms with Gasteiger partial charge in [-0.25, -0.2) is 9.97 Å². The van der Waals surface area contributed by atoms with Gasteiger partial charge in [0, 0.05) is 12.6 Å². The van der Waals surface area contributed by atoms with Crippen LogP contribution in [0.25, 0.3) is 11.2 Å². The van der Waals surface area contributed by atoms with Gasteiger partial charge in [0.1, 0.15) is 11.3 Å². The normalized spacial score (nSPS) is 11.0. The van der Waals surface area contributed by atoms with E-state index in [1.165, 1.54) is 5.56 Å². The van der Waals surface area contributed by atoms with E-state index >= 15 is 0 Å². The minimum absolute atomic E-state index is 0.0667. The lowest BCUT2D eigenvalue weighted by Crippen LogP contribution is -2.08. The van der Waals surface area contributed by atoms with E-state index in [2.05, 4.69) is 41.2 Å². The summed E-state index contributed by atoms with van der Waals surface area (Å²) in [5.74, 6) is -0.0569. The lowest BCUT2D eigenvalue weighted by molar-refractivity contribution is -0.137. The fourth-order valence-electron chi connectivity index (χ4n) is 2.46. The monoisotopic (exact) mass is 295 g/mol. The Hall–Kier alpha value is -2.69. The molecule has 22 heavy (non-hydrogen) atoms. The fourth-order valence-corrected chi connectivity index (χ4v) is 2.46. The zero-order valence-corrected chi connectivity index (χ0v) is 12.4. The third-order valence-corrected chi connectivity index (χ3v) is 3.61. The molecule has 1 aromatic carbocycles. The van der Waals surface area contributed by atoms with Crippen LogP contribution in [-0.2, 0) is 17.8 Å². The van der Waals surface area contributed by atoms with Crippen molar-refractivity contribution < 1.29 is 9.90 Å². The molecule has 5 heteroatoms. The van der Waals surface area contributed by atoms with Crippen LogP contribution in [0.15, 0.2) is 42.6 Å². The molecule has 0 amide bonds. The summed E-state index contributed by atoms with van der Waals surface area (Å²) in [6.45, 7) is 2.69. The van der Waals surface area contributed by atoms with E-state index in [-0.39, 0.29) is 6.42 Å². The van der Waals surface area contributed by atoms with Crippen LogP contribution in [-0.4, -0.2) is 25.6 Å². The topological polar surface area (TPSA) is 68.0 Å². The van der Waals surface area contributed by atoms with Gasteiger partial charge in [-0.1, -0.05) is 29.8 Å². The Bertz CT molecular complexity index is 806. The van der Waals surface area contributed by atoms with Gasteiger partial charge in [-0.2, -0.15) is 0 Å². The Morgan fingerprint density at radius 3 is 2.73 bits per heavy atom. The number of aromatic nitrogens is 3. The van der Waals surface area contributed by atoms with Crippen molar-refractivity contribution in [2.75, 3.05) is 0 Å². The van der Waals surface area contributed by atoms with E-state index < -0.39 is 5.97 Å². The van der Waals surface area contributed by atoms with Crippen molar-refractivity contribution in [3.05, 3.63) is 59.5 Å². The summed E-state index contributed by atoms with van der Waals surface area (Å²) in [7, 11) is 0. The summed E-state index contributed by atoms with van der Waals surface area (Å²) in [5, 5.41) is 8.91. The number of carbonyl (C=O) groups is 1. The summed E-state index contributed by atoms with van der Waals surface area (Å²) in [6, 6.07) is 12.0. The first-order chi connectivity index (χ1) is 10.6. The highest BCUT2D eigenvalue weighted by Gasteiger charge is 2.13. The van der Waals surface area contributed by atoms with E-state index in [0.717, 1.165) is 22.6 Å². The number of fused-ring (bicyclic) bond motifs is 1. The Balaban J connectivity index is 1.99. The van der Waals surface area contributed by atoms with Crippen molar-refractivity contribution in [2.45, 2.75) is 26.3 Å². The van der Waals surface area contributed by atoms with Gasteiger partial charge in [0.2, 0.25) is 0 Å². The molecular weight excluding hydrogens is 278 g/mol. The van der Waals surface area contributed by atoms with Crippen LogP contribution in [0.3, 0.4) is 0 Å². The Morgan fingerprint density at radius 1 is 1.23 bits per heavy atom. The van der Waals surface area contributed by atoms with Crippen LogP contribution in [0.5, 0.6) is 0 Å². The second-order valence-electron chi connectivity index (χ2n) is 5.34. The fraction of sp³-hybridized carbons (Fsp3) is 0.235. The van der Waals surface area contributed by atoms with Crippen molar-refractivity contribution in [3.63, 3.8) is 0 Å². The highest BCUT2D eigenvalue weighted by atomic mass is 16.4. The molecule has 2 heterocycles. The SMILES string of the molecule is Cc1ccc(Cn2c(CCC(=O)O)nc3cccnc32)cc1. The van der Waals surface area contributed by atoms with Crippen molar-refractivity contribution in [3.8, 4) is 0 Å². The van der Waals surface area contributed by atoms with Gasteiger partial charge in [0.15, 0.2) is 5.65 Å². The summed E-state index contributed by atoms with van der Waals surface area (Å²) in [4.78, 5) is 19.8. The van der Waals surface area contributed by atoms with Gasteiger partial charge in [-0.05, 0) is 24.6 Å².